The molecule has 4 amide bonds. The summed E-state index contributed by atoms with van der Waals surface area (Å²) in [5.74, 6) is -4.05. The van der Waals surface area contributed by atoms with Crippen LogP contribution in [0.15, 0.2) is 0 Å². The molecule has 1 heterocycles. The van der Waals surface area contributed by atoms with E-state index >= 15 is 0 Å². The average Bonchev–Trinajstić information content (AvgIpc) is 3.30. The van der Waals surface area contributed by atoms with E-state index in [1.807, 2.05) is 0 Å². The first-order valence-electron chi connectivity index (χ1n) is 17.7. The van der Waals surface area contributed by atoms with Crippen LogP contribution in [0.5, 0.6) is 0 Å². The highest BCUT2D eigenvalue weighted by molar-refractivity contribution is 5.93. The summed E-state index contributed by atoms with van der Waals surface area (Å²) >= 11 is 0. The molecule has 1 saturated carbocycles. The van der Waals surface area contributed by atoms with E-state index in [2.05, 4.69) is 10.6 Å². The van der Waals surface area contributed by atoms with Gasteiger partial charge in [-0.15, -0.1) is 0 Å². The SMILES string of the molecule is CC(C)(C)OC(=O)NCCCC[C@H](NC(=O)[C@H]1N(C(=O)[C@@H](CC2CCCCC2)N(CC(=O)O)C(=O)OC(C)(C)C)CCC1(C)C)C(O)C(=O)O. The van der Waals surface area contributed by atoms with Crippen LogP contribution in [-0.4, -0.2) is 116 Å². The third kappa shape index (κ3) is 13.6. The first-order valence-corrected chi connectivity index (χ1v) is 17.7. The van der Waals surface area contributed by atoms with Crippen molar-refractivity contribution in [1.82, 2.24) is 20.4 Å². The van der Waals surface area contributed by atoms with E-state index < -0.39 is 83.3 Å². The van der Waals surface area contributed by atoms with E-state index in [-0.39, 0.29) is 31.8 Å². The summed E-state index contributed by atoms with van der Waals surface area (Å²) in [5.41, 5.74) is -2.42. The van der Waals surface area contributed by atoms with Gasteiger partial charge in [-0.1, -0.05) is 46.0 Å². The summed E-state index contributed by atoms with van der Waals surface area (Å²) in [6, 6.07) is -3.53. The van der Waals surface area contributed by atoms with E-state index in [1.165, 1.54) is 4.90 Å². The van der Waals surface area contributed by atoms with Crippen LogP contribution in [0.25, 0.3) is 0 Å². The van der Waals surface area contributed by atoms with Gasteiger partial charge in [0.05, 0.1) is 6.04 Å². The highest BCUT2D eigenvalue weighted by Gasteiger charge is 2.50. The van der Waals surface area contributed by atoms with Crippen molar-refractivity contribution in [3.63, 3.8) is 0 Å². The van der Waals surface area contributed by atoms with Gasteiger partial charge in [-0.2, -0.15) is 0 Å². The minimum Gasteiger partial charge on any atom is -0.480 e. The monoisotopic (exact) mass is 712 g/mol. The molecule has 1 unspecified atom stereocenters. The number of alkyl carbamates (subject to hydrolysis) is 1. The molecule has 15 nitrogen and oxygen atoms in total. The van der Waals surface area contributed by atoms with Crippen LogP contribution < -0.4 is 10.6 Å². The van der Waals surface area contributed by atoms with E-state index in [4.69, 9.17) is 9.47 Å². The van der Waals surface area contributed by atoms with Crippen molar-refractivity contribution in [2.75, 3.05) is 19.6 Å². The quantitative estimate of drug-likeness (QED) is 0.154. The van der Waals surface area contributed by atoms with Gasteiger partial charge < -0.3 is 40.3 Å². The molecule has 0 aromatic carbocycles. The van der Waals surface area contributed by atoms with Crippen molar-refractivity contribution in [2.45, 2.75) is 155 Å². The number of carbonyl (C=O) groups is 6. The zero-order chi connectivity index (χ0) is 38.0. The topological polar surface area (TPSA) is 212 Å². The Morgan fingerprint density at radius 1 is 0.920 bits per heavy atom. The van der Waals surface area contributed by atoms with Crippen LogP contribution in [0.3, 0.4) is 0 Å². The van der Waals surface area contributed by atoms with Gasteiger partial charge in [-0.25, -0.2) is 14.4 Å². The van der Waals surface area contributed by atoms with E-state index in [9.17, 15) is 44.1 Å². The number of hydrogen-bond donors (Lipinski definition) is 5. The second-order valence-corrected chi connectivity index (χ2v) is 16.3. The standard InChI is InChI=1S/C35H60N4O11/c1-33(2,3)49-31(47)36-18-13-12-16-23(26(42)30(45)46)37-28(43)27-35(7,8)17-19-38(27)29(44)24(20-22-14-10-9-11-15-22)39(21-25(40)41)32(48)50-34(4,5)6/h22-24,26-27,42H,9-21H2,1-8H3,(H,36,47)(H,37,43)(H,40,41)(H,45,46)/t23-,24+,26?,27+/m0/s1. The Morgan fingerprint density at radius 2 is 1.52 bits per heavy atom. The fourth-order valence-corrected chi connectivity index (χ4v) is 6.63. The number of aliphatic hydroxyl groups excluding tert-OH is 1. The summed E-state index contributed by atoms with van der Waals surface area (Å²) in [6.07, 6.45) is 2.50. The Bertz CT molecular complexity index is 1200. The Labute approximate surface area is 295 Å². The zero-order valence-corrected chi connectivity index (χ0v) is 31.1. The van der Waals surface area contributed by atoms with Crippen molar-refractivity contribution < 1.29 is 53.6 Å². The number of hydrogen-bond acceptors (Lipinski definition) is 9. The normalized spacial score (nSPS) is 19.9. The second-order valence-electron chi connectivity index (χ2n) is 16.3. The molecule has 286 valence electrons. The molecule has 0 aromatic rings. The van der Waals surface area contributed by atoms with Gasteiger partial charge in [0.25, 0.3) is 0 Å². The molecule has 4 atom stereocenters. The fraction of sp³-hybridized carbons (Fsp3) is 0.829. The number of rotatable bonds is 15. The lowest BCUT2D eigenvalue weighted by atomic mass is 9.83. The van der Waals surface area contributed by atoms with Crippen LogP contribution >= 0.6 is 0 Å². The number of likely N-dealkylation sites (tertiary alicyclic amines) is 1. The van der Waals surface area contributed by atoms with Crippen molar-refractivity contribution >= 4 is 35.9 Å². The van der Waals surface area contributed by atoms with Crippen LogP contribution in [0.2, 0.25) is 0 Å². The maximum Gasteiger partial charge on any atom is 0.411 e. The van der Waals surface area contributed by atoms with Gasteiger partial charge in [0.2, 0.25) is 11.8 Å². The van der Waals surface area contributed by atoms with E-state index in [0.29, 0.717) is 19.3 Å². The maximum atomic E-state index is 14.5. The fourth-order valence-electron chi connectivity index (χ4n) is 6.63. The summed E-state index contributed by atoms with van der Waals surface area (Å²) in [5, 5.41) is 35.2. The predicted octanol–water partition coefficient (Wildman–Crippen LogP) is 3.90. The number of aliphatic hydroxyl groups is 1. The average molecular weight is 713 g/mol. The molecule has 1 aliphatic heterocycles. The van der Waals surface area contributed by atoms with Gasteiger partial charge in [-0.05, 0) is 85.0 Å². The summed E-state index contributed by atoms with van der Waals surface area (Å²) in [7, 11) is 0. The molecule has 15 heteroatoms. The predicted molar refractivity (Wildman–Crippen MR) is 183 cm³/mol. The lowest BCUT2D eigenvalue weighted by Gasteiger charge is -2.39. The maximum absolute atomic E-state index is 14.5. The minimum absolute atomic E-state index is 0.0548. The van der Waals surface area contributed by atoms with Gasteiger partial charge in [0.15, 0.2) is 6.10 Å². The first kappa shape index (κ1) is 42.5. The highest BCUT2D eigenvalue weighted by atomic mass is 16.6. The third-order valence-corrected chi connectivity index (χ3v) is 9.03. The van der Waals surface area contributed by atoms with E-state index in [1.54, 1.807) is 55.4 Å². The minimum atomic E-state index is -1.94. The van der Waals surface area contributed by atoms with Crippen LogP contribution in [0.1, 0.15) is 120 Å². The Kier molecular flexibility index (Phi) is 15.4. The Hall–Kier alpha value is -3.62. The number of unbranched alkanes of at least 4 members (excludes halogenated alkanes) is 1. The molecular weight excluding hydrogens is 652 g/mol. The van der Waals surface area contributed by atoms with Crippen LogP contribution in [0.4, 0.5) is 9.59 Å². The molecule has 0 radical (unpaired) electrons. The number of ether oxygens (including phenoxy) is 2. The number of carboxylic acids is 2. The number of carboxylic acid groups (broad SMARTS) is 2. The van der Waals surface area contributed by atoms with Crippen molar-refractivity contribution in [1.29, 1.82) is 0 Å². The summed E-state index contributed by atoms with van der Waals surface area (Å²) in [6.45, 7) is 13.3. The molecule has 5 N–H and O–H groups in total. The number of nitrogens with zero attached hydrogens (tertiary/aromatic N) is 2. The van der Waals surface area contributed by atoms with Gasteiger partial charge in [-0.3, -0.25) is 19.3 Å². The molecular formula is C35H60N4O11. The Morgan fingerprint density at radius 3 is 2.06 bits per heavy atom. The number of carbonyl (C=O) groups excluding carboxylic acids is 4. The van der Waals surface area contributed by atoms with Crippen LogP contribution in [0, 0.1) is 11.3 Å². The lowest BCUT2D eigenvalue weighted by molar-refractivity contribution is -0.151. The first-order chi connectivity index (χ1) is 23.0. The molecule has 2 fully saturated rings. The molecule has 0 bridgehead atoms. The molecule has 1 aliphatic carbocycles. The summed E-state index contributed by atoms with van der Waals surface area (Å²) < 4.78 is 10.8. The van der Waals surface area contributed by atoms with Crippen LogP contribution in [-0.2, 0) is 28.7 Å². The van der Waals surface area contributed by atoms with Gasteiger partial charge in [0.1, 0.15) is 29.8 Å². The highest BCUT2D eigenvalue weighted by Crippen LogP contribution is 2.38. The zero-order valence-electron chi connectivity index (χ0n) is 31.1. The Balaban J connectivity index is 2.33. The third-order valence-electron chi connectivity index (χ3n) is 9.03. The number of amides is 4. The number of aliphatic carboxylic acids is 2. The number of nitrogens with one attached hydrogen (secondary N) is 2. The lowest BCUT2D eigenvalue weighted by Crippen LogP contribution is -2.60. The second kappa shape index (κ2) is 18.0. The smallest absolute Gasteiger partial charge is 0.411 e. The molecule has 2 aliphatic rings. The largest absolute Gasteiger partial charge is 0.480 e. The molecule has 1 saturated heterocycles. The van der Waals surface area contributed by atoms with Crippen molar-refractivity contribution in [3.8, 4) is 0 Å². The molecule has 0 aromatic heterocycles. The molecule has 2 rings (SSSR count). The molecule has 50 heavy (non-hydrogen) atoms. The van der Waals surface area contributed by atoms with E-state index in [0.717, 1.165) is 37.0 Å². The summed E-state index contributed by atoms with van der Waals surface area (Å²) in [4.78, 5) is 80.1. The van der Waals surface area contributed by atoms with Crippen molar-refractivity contribution in [2.24, 2.45) is 11.3 Å². The van der Waals surface area contributed by atoms with Gasteiger partial charge in [0, 0.05) is 13.1 Å². The van der Waals surface area contributed by atoms with Gasteiger partial charge >= 0.3 is 24.1 Å². The van der Waals surface area contributed by atoms with Crippen molar-refractivity contribution in [3.05, 3.63) is 0 Å². The molecule has 0 spiro atoms.